The summed E-state index contributed by atoms with van der Waals surface area (Å²) in [4.78, 5) is 12.0. The highest BCUT2D eigenvalue weighted by Crippen LogP contribution is 2.18. The van der Waals surface area contributed by atoms with Crippen LogP contribution in [0.5, 0.6) is 0 Å². The summed E-state index contributed by atoms with van der Waals surface area (Å²) < 4.78 is 5.34. The fourth-order valence-corrected chi connectivity index (χ4v) is 2.87. The van der Waals surface area contributed by atoms with Crippen molar-refractivity contribution in [3.63, 3.8) is 0 Å². The molecule has 0 aromatic rings. The molecule has 2 aliphatic rings. The van der Waals surface area contributed by atoms with Crippen molar-refractivity contribution in [2.45, 2.75) is 45.1 Å². The van der Waals surface area contributed by atoms with Crippen molar-refractivity contribution < 1.29 is 9.53 Å². The molecule has 2 saturated heterocycles. The van der Waals surface area contributed by atoms with E-state index in [4.69, 9.17) is 4.74 Å². The van der Waals surface area contributed by atoms with Gasteiger partial charge in [-0.1, -0.05) is 6.92 Å². The Morgan fingerprint density at radius 1 is 1.33 bits per heavy atom. The third kappa shape index (κ3) is 4.25. The standard InChI is InChI=1S/C14H26N2O2/c1-11-2-6-15-13(10-11)14(17)16-7-3-12-4-8-18-9-5-12/h11-13,15H,2-10H2,1H3,(H,16,17). The van der Waals surface area contributed by atoms with Crippen LogP contribution in [0.25, 0.3) is 0 Å². The molecule has 0 bridgehead atoms. The highest BCUT2D eigenvalue weighted by atomic mass is 16.5. The number of hydrogen-bond donors (Lipinski definition) is 2. The minimum Gasteiger partial charge on any atom is -0.381 e. The van der Waals surface area contributed by atoms with Gasteiger partial charge in [0.05, 0.1) is 6.04 Å². The molecular formula is C14H26N2O2. The van der Waals surface area contributed by atoms with E-state index >= 15 is 0 Å². The number of rotatable bonds is 4. The Labute approximate surface area is 110 Å². The Morgan fingerprint density at radius 3 is 2.83 bits per heavy atom. The van der Waals surface area contributed by atoms with E-state index in [9.17, 15) is 4.79 Å². The Kier molecular flexibility index (Phi) is 5.45. The smallest absolute Gasteiger partial charge is 0.237 e. The predicted octanol–water partition coefficient (Wildman–Crippen LogP) is 1.31. The van der Waals surface area contributed by atoms with Gasteiger partial charge in [-0.05, 0) is 50.5 Å². The number of carbonyl (C=O) groups is 1. The molecule has 0 spiro atoms. The van der Waals surface area contributed by atoms with E-state index in [1.165, 1.54) is 6.42 Å². The number of amides is 1. The van der Waals surface area contributed by atoms with E-state index < -0.39 is 0 Å². The van der Waals surface area contributed by atoms with Crippen LogP contribution in [-0.4, -0.2) is 38.3 Å². The summed E-state index contributed by atoms with van der Waals surface area (Å²) in [5.74, 6) is 1.59. The van der Waals surface area contributed by atoms with E-state index in [-0.39, 0.29) is 11.9 Å². The first-order valence-corrected chi connectivity index (χ1v) is 7.34. The van der Waals surface area contributed by atoms with E-state index in [1.54, 1.807) is 0 Å². The third-order valence-electron chi connectivity index (χ3n) is 4.18. The maximum Gasteiger partial charge on any atom is 0.237 e. The van der Waals surface area contributed by atoms with E-state index in [0.717, 1.165) is 57.9 Å². The molecule has 2 atom stereocenters. The van der Waals surface area contributed by atoms with Crippen molar-refractivity contribution in [1.82, 2.24) is 10.6 Å². The number of ether oxygens (including phenoxy) is 1. The fourth-order valence-electron chi connectivity index (χ4n) is 2.87. The number of carbonyl (C=O) groups excluding carboxylic acids is 1. The van der Waals surface area contributed by atoms with Gasteiger partial charge < -0.3 is 15.4 Å². The Morgan fingerprint density at radius 2 is 2.11 bits per heavy atom. The normalized spacial score (nSPS) is 30.1. The van der Waals surface area contributed by atoms with Gasteiger partial charge in [-0.25, -0.2) is 0 Å². The van der Waals surface area contributed by atoms with Gasteiger partial charge in [-0.2, -0.15) is 0 Å². The first-order chi connectivity index (χ1) is 8.75. The van der Waals surface area contributed by atoms with Crippen LogP contribution in [0.1, 0.15) is 39.0 Å². The second-order valence-corrected chi connectivity index (χ2v) is 5.77. The zero-order valence-electron chi connectivity index (χ0n) is 11.4. The fraction of sp³-hybridized carbons (Fsp3) is 0.929. The maximum atomic E-state index is 12.0. The molecule has 0 radical (unpaired) electrons. The lowest BCUT2D eigenvalue weighted by atomic mass is 9.93. The van der Waals surface area contributed by atoms with Crippen LogP contribution in [0.3, 0.4) is 0 Å². The summed E-state index contributed by atoms with van der Waals surface area (Å²) in [5, 5.41) is 6.38. The molecular weight excluding hydrogens is 228 g/mol. The summed E-state index contributed by atoms with van der Waals surface area (Å²) in [7, 11) is 0. The molecule has 0 aliphatic carbocycles. The third-order valence-corrected chi connectivity index (χ3v) is 4.18. The van der Waals surface area contributed by atoms with E-state index in [2.05, 4.69) is 17.6 Å². The molecule has 18 heavy (non-hydrogen) atoms. The molecule has 2 unspecified atom stereocenters. The molecule has 0 aromatic heterocycles. The molecule has 2 heterocycles. The van der Waals surface area contributed by atoms with Gasteiger partial charge in [0, 0.05) is 19.8 Å². The second kappa shape index (κ2) is 7.10. The number of nitrogens with one attached hydrogen (secondary N) is 2. The summed E-state index contributed by atoms with van der Waals surface area (Å²) in [6.45, 7) is 5.79. The predicted molar refractivity (Wildman–Crippen MR) is 71.4 cm³/mol. The first kappa shape index (κ1) is 13.8. The van der Waals surface area contributed by atoms with Crippen LogP contribution < -0.4 is 10.6 Å². The average Bonchev–Trinajstić information content (AvgIpc) is 2.40. The molecule has 0 saturated carbocycles. The molecule has 0 aromatic carbocycles. The Balaban J connectivity index is 1.61. The van der Waals surface area contributed by atoms with Crippen molar-refractivity contribution in [3.05, 3.63) is 0 Å². The van der Waals surface area contributed by atoms with Crippen LogP contribution in [0.2, 0.25) is 0 Å². The average molecular weight is 254 g/mol. The maximum absolute atomic E-state index is 12.0. The van der Waals surface area contributed by atoms with E-state index in [0.29, 0.717) is 5.92 Å². The summed E-state index contributed by atoms with van der Waals surface area (Å²) in [6, 6.07) is 0.0310. The first-order valence-electron chi connectivity index (χ1n) is 7.34. The van der Waals surface area contributed by atoms with Crippen molar-refractivity contribution in [3.8, 4) is 0 Å². The van der Waals surface area contributed by atoms with Gasteiger partial charge in [0.15, 0.2) is 0 Å². The Bertz CT molecular complexity index is 265. The van der Waals surface area contributed by atoms with Crippen LogP contribution in [0.15, 0.2) is 0 Å². The molecule has 2 aliphatic heterocycles. The zero-order chi connectivity index (χ0) is 12.8. The molecule has 104 valence electrons. The van der Waals surface area contributed by atoms with Gasteiger partial charge in [0.25, 0.3) is 0 Å². The van der Waals surface area contributed by atoms with Crippen molar-refractivity contribution in [2.24, 2.45) is 11.8 Å². The lowest BCUT2D eigenvalue weighted by molar-refractivity contribution is -0.124. The van der Waals surface area contributed by atoms with Gasteiger partial charge >= 0.3 is 0 Å². The van der Waals surface area contributed by atoms with Crippen molar-refractivity contribution >= 4 is 5.91 Å². The highest BCUT2D eigenvalue weighted by molar-refractivity contribution is 5.81. The lowest BCUT2D eigenvalue weighted by Crippen LogP contribution is -2.48. The second-order valence-electron chi connectivity index (χ2n) is 5.77. The highest BCUT2D eigenvalue weighted by Gasteiger charge is 2.24. The minimum absolute atomic E-state index is 0.0310. The quantitative estimate of drug-likeness (QED) is 0.795. The lowest BCUT2D eigenvalue weighted by Gasteiger charge is -2.27. The van der Waals surface area contributed by atoms with Gasteiger partial charge in [-0.3, -0.25) is 4.79 Å². The van der Waals surface area contributed by atoms with Gasteiger partial charge in [-0.15, -0.1) is 0 Å². The van der Waals surface area contributed by atoms with Crippen LogP contribution in [-0.2, 0) is 9.53 Å². The van der Waals surface area contributed by atoms with Crippen LogP contribution >= 0.6 is 0 Å². The number of piperidine rings is 1. The topological polar surface area (TPSA) is 50.4 Å². The number of hydrogen-bond acceptors (Lipinski definition) is 3. The zero-order valence-corrected chi connectivity index (χ0v) is 11.4. The van der Waals surface area contributed by atoms with E-state index in [1.807, 2.05) is 0 Å². The largest absolute Gasteiger partial charge is 0.381 e. The Hall–Kier alpha value is -0.610. The molecule has 4 nitrogen and oxygen atoms in total. The minimum atomic E-state index is 0.0310. The molecule has 4 heteroatoms. The molecule has 1 amide bonds. The summed E-state index contributed by atoms with van der Waals surface area (Å²) >= 11 is 0. The van der Waals surface area contributed by atoms with Gasteiger partial charge in [0.1, 0.15) is 0 Å². The molecule has 2 fully saturated rings. The summed E-state index contributed by atoms with van der Waals surface area (Å²) in [5.41, 5.74) is 0. The van der Waals surface area contributed by atoms with Gasteiger partial charge in [0.2, 0.25) is 5.91 Å². The molecule has 2 N–H and O–H groups in total. The summed E-state index contributed by atoms with van der Waals surface area (Å²) in [6.07, 6.45) is 5.55. The monoisotopic (exact) mass is 254 g/mol. The van der Waals surface area contributed by atoms with Crippen LogP contribution in [0.4, 0.5) is 0 Å². The SMILES string of the molecule is CC1CCNC(C(=O)NCCC2CCOCC2)C1. The van der Waals surface area contributed by atoms with Crippen molar-refractivity contribution in [2.75, 3.05) is 26.3 Å². The van der Waals surface area contributed by atoms with Crippen molar-refractivity contribution in [1.29, 1.82) is 0 Å². The van der Waals surface area contributed by atoms with Crippen LogP contribution in [0, 0.1) is 11.8 Å². The molecule has 2 rings (SSSR count).